The third-order valence-electron chi connectivity index (χ3n) is 2.81. The summed E-state index contributed by atoms with van der Waals surface area (Å²) in [5, 5.41) is 9.10. The number of hydrogen-bond acceptors (Lipinski definition) is 5. The van der Waals surface area contributed by atoms with Crippen molar-refractivity contribution in [3.8, 4) is 0 Å². The summed E-state index contributed by atoms with van der Waals surface area (Å²) in [6, 6.07) is 0. The van der Waals surface area contributed by atoms with Crippen molar-refractivity contribution in [2.75, 3.05) is 5.73 Å². The number of hydrogen-bond donors (Lipinski definition) is 1. The molecule has 1 fully saturated rings. The van der Waals surface area contributed by atoms with Crippen molar-refractivity contribution in [3.63, 3.8) is 0 Å². The zero-order chi connectivity index (χ0) is 10.7. The maximum absolute atomic E-state index is 5.81. The minimum atomic E-state index is 0.402. The average molecular weight is 227 g/mol. The van der Waals surface area contributed by atoms with Crippen LogP contribution in [0.5, 0.6) is 0 Å². The molecule has 1 saturated carbocycles. The summed E-state index contributed by atoms with van der Waals surface area (Å²) >= 11 is 1.41. The molecule has 84 valence electrons. The first-order chi connectivity index (χ1) is 7.24. The lowest BCUT2D eigenvalue weighted by atomic mass is 9.89. The molecule has 15 heavy (non-hydrogen) atoms. The highest BCUT2D eigenvalue weighted by atomic mass is 32.1. The summed E-state index contributed by atoms with van der Waals surface area (Å²) in [7, 11) is 0. The van der Waals surface area contributed by atoms with E-state index in [1.54, 1.807) is 0 Å². The predicted octanol–water partition coefficient (Wildman–Crippen LogP) is 2.22. The van der Waals surface area contributed by atoms with Crippen molar-refractivity contribution in [1.82, 2.24) is 10.2 Å². The first-order valence-electron chi connectivity index (χ1n) is 5.43. The van der Waals surface area contributed by atoms with E-state index in [9.17, 15) is 0 Å². The molecule has 2 rings (SSSR count). The quantitative estimate of drug-likeness (QED) is 0.860. The number of rotatable bonds is 3. The number of aromatic nitrogens is 2. The van der Waals surface area contributed by atoms with Gasteiger partial charge < -0.3 is 10.5 Å². The van der Waals surface area contributed by atoms with Gasteiger partial charge in [0.15, 0.2) is 0 Å². The van der Waals surface area contributed by atoms with Crippen LogP contribution in [0, 0.1) is 5.92 Å². The van der Waals surface area contributed by atoms with E-state index >= 15 is 0 Å². The topological polar surface area (TPSA) is 61.0 Å². The van der Waals surface area contributed by atoms with Crippen LogP contribution in [0.25, 0.3) is 0 Å². The zero-order valence-corrected chi connectivity index (χ0v) is 9.80. The van der Waals surface area contributed by atoms with E-state index in [1.165, 1.54) is 37.0 Å². The van der Waals surface area contributed by atoms with Crippen LogP contribution >= 0.6 is 11.3 Å². The van der Waals surface area contributed by atoms with Gasteiger partial charge in [0.05, 0.1) is 6.10 Å². The fourth-order valence-corrected chi connectivity index (χ4v) is 2.58. The molecule has 2 N–H and O–H groups in total. The SMILES string of the molecule is CC1CCCC(OCc2nnc(N)s2)C1. The summed E-state index contributed by atoms with van der Waals surface area (Å²) in [5.74, 6) is 0.795. The average Bonchev–Trinajstić information content (AvgIpc) is 2.62. The van der Waals surface area contributed by atoms with Crippen molar-refractivity contribution in [2.45, 2.75) is 45.3 Å². The molecule has 2 unspecified atom stereocenters. The Kier molecular flexibility index (Phi) is 3.53. The lowest BCUT2D eigenvalue weighted by Crippen LogP contribution is -2.21. The van der Waals surface area contributed by atoms with Crippen molar-refractivity contribution >= 4 is 16.5 Å². The fourth-order valence-electron chi connectivity index (χ4n) is 2.04. The van der Waals surface area contributed by atoms with Gasteiger partial charge >= 0.3 is 0 Å². The van der Waals surface area contributed by atoms with Crippen LogP contribution in [-0.2, 0) is 11.3 Å². The van der Waals surface area contributed by atoms with Crippen molar-refractivity contribution in [3.05, 3.63) is 5.01 Å². The standard InChI is InChI=1S/C10H17N3OS/c1-7-3-2-4-8(5-7)14-6-9-12-13-10(11)15-9/h7-8H,2-6H2,1H3,(H2,11,13). The number of anilines is 1. The van der Waals surface area contributed by atoms with E-state index in [0.717, 1.165) is 10.9 Å². The number of nitrogens with two attached hydrogens (primary N) is 1. The Morgan fingerprint density at radius 1 is 1.47 bits per heavy atom. The largest absolute Gasteiger partial charge is 0.374 e. The van der Waals surface area contributed by atoms with Crippen LogP contribution in [0.1, 0.15) is 37.6 Å². The second-order valence-corrected chi connectivity index (χ2v) is 5.33. The molecule has 0 aliphatic heterocycles. The van der Waals surface area contributed by atoms with Crippen LogP contribution in [-0.4, -0.2) is 16.3 Å². The second-order valence-electron chi connectivity index (χ2n) is 4.24. The Bertz CT molecular complexity index is 315. The van der Waals surface area contributed by atoms with Gasteiger partial charge in [-0.25, -0.2) is 0 Å². The Morgan fingerprint density at radius 3 is 3.00 bits per heavy atom. The lowest BCUT2D eigenvalue weighted by molar-refractivity contribution is 0.00439. The second kappa shape index (κ2) is 4.90. The van der Waals surface area contributed by atoms with E-state index in [1.807, 2.05) is 0 Å². The molecule has 0 bridgehead atoms. The number of nitrogens with zero attached hydrogens (tertiary/aromatic N) is 2. The molecule has 0 spiro atoms. The van der Waals surface area contributed by atoms with Gasteiger partial charge in [0, 0.05) is 0 Å². The molecule has 1 aromatic heterocycles. The van der Waals surface area contributed by atoms with Gasteiger partial charge in [0.2, 0.25) is 5.13 Å². The van der Waals surface area contributed by atoms with Crippen LogP contribution in [0.4, 0.5) is 5.13 Å². The third kappa shape index (κ3) is 3.14. The summed E-state index contributed by atoms with van der Waals surface area (Å²) in [4.78, 5) is 0. The summed E-state index contributed by atoms with van der Waals surface area (Å²) in [6.07, 6.45) is 5.38. The summed E-state index contributed by atoms with van der Waals surface area (Å²) < 4.78 is 5.81. The molecule has 4 nitrogen and oxygen atoms in total. The minimum Gasteiger partial charge on any atom is -0.374 e. The normalized spacial score (nSPS) is 26.7. The molecule has 0 amide bonds. The van der Waals surface area contributed by atoms with Gasteiger partial charge in [-0.15, -0.1) is 10.2 Å². The highest BCUT2D eigenvalue weighted by Crippen LogP contribution is 2.26. The van der Waals surface area contributed by atoms with Crippen LogP contribution in [0.2, 0.25) is 0 Å². The van der Waals surface area contributed by atoms with Crippen LogP contribution in [0.3, 0.4) is 0 Å². The molecular formula is C10H17N3OS. The molecular weight excluding hydrogens is 210 g/mol. The van der Waals surface area contributed by atoms with Gasteiger partial charge in [0.25, 0.3) is 0 Å². The summed E-state index contributed by atoms with van der Waals surface area (Å²) in [6.45, 7) is 2.85. The first-order valence-corrected chi connectivity index (χ1v) is 6.25. The molecule has 0 radical (unpaired) electrons. The van der Waals surface area contributed by atoms with E-state index in [-0.39, 0.29) is 0 Å². The van der Waals surface area contributed by atoms with E-state index < -0.39 is 0 Å². The third-order valence-corrected chi connectivity index (χ3v) is 3.54. The molecule has 1 heterocycles. The maximum Gasteiger partial charge on any atom is 0.203 e. The van der Waals surface area contributed by atoms with Crippen LogP contribution < -0.4 is 5.73 Å². The predicted molar refractivity (Wildman–Crippen MR) is 60.5 cm³/mol. The van der Waals surface area contributed by atoms with Gasteiger partial charge in [-0.3, -0.25) is 0 Å². The lowest BCUT2D eigenvalue weighted by Gasteiger charge is -2.26. The van der Waals surface area contributed by atoms with Crippen molar-refractivity contribution in [2.24, 2.45) is 5.92 Å². The molecule has 0 aromatic carbocycles. The monoisotopic (exact) mass is 227 g/mol. The first kappa shape index (κ1) is 10.8. The highest BCUT2D eigenvalue weighted by molar-refractivity contribution is 7.15. The maximum atomic E-state index is 5.81. The fraction of sp³-hybridized carbons (Fsp3) is 0.800. The Labute approximate surface area is 93.8 Å². The Hall–Kier alpha value is -0.680. The van der Waals surface area contributed by atoms with E-state index in [4.69, 9.17) is 10.5 Å². The van der Waals surface area contributed by atoms with Gasteiger partial charge in [0.1, 0.15) is 11.6 Å². The molecule has 5 heteroatoms. The smallest absolute Gasteiger partial charge is 0.203 e. The Morgan fingerprint density at radius 2 is 2.33 bits per heavy atom. The molecule has 2 atom stereocenters. The molecule has 1 aliphatic rings. The van der Waals surface area contributed by atoms with Gasteiger partial charge in [-0.1, -0.05) is 31.1 Å². The summed E-state index contributed by atoms with van der Waals surface area (Å²) in [5.41, 5.74) is 5.50. The molecule has 0 saturated heterocycles. The number of nitrogen functional groups attached to an aromatic ring is 1. The zero-order valence-electron chi connectivity index (χ0n) is 8.98. The van der Waals surface area contributed by atoms with Gasteiger partial charge in [-0.2, -0.15) is 0 Å². The van der Waals surface area contributed by atoms with Crippen molar-refractivity contribution in [1.29, 1.82) is 0 Å². The molecule has 1 aromatic rings. The highest BCUT2D eigenvalue weighted by Gasteiger charge is 2.19. The minimum absolute atomic E-state index is 0.402. The molecule has 1 aliphatic carbocycles. The van der Waals surface area contributed by atoms with Crippen LogP contribution in [0.15, 0.2) is 0 Å². The van der Waals surface area contributed by atoms with E-state index in [2.05, 4.69) is 17.1 Å². The van der Waals surface area contributed by atoms with Crippen molar-refractivity contribution < 1.29 is 4.74 Å². The van der Waals surface area contributed by atoms with Gasteiger partial charge in [-0.05, 0) is 18.8 Å². The Balaban J connectivity index is 1.77. The van der Waals surface area contributed by atoms with E-state index in [0.29, 0.717) is 17.8 Å². The number of ether oxygens (including phenoxy) is 1.